The first-order chi connectivity index (χ1) is 15.7. The molecule has 0 heterocycles. The fourth-order valence-corrected chi connectivity index (χ4v) is 6.17. The predicted octanol–water partition coefficient (Wildman–Crippen LogP) is 9.90. The first-order valence-electron chi connectivity index (χ1n) is 13.8. The highest BCUT2D eigenvalue weighted by molar-refractivity contribution is 5.32. The molecule has 0 amide bonds. The van der Waals surface area contributed by atoms with Crippen LogP contribution in [0.4, 0.5) is 4.39 Å². The van der Waals surface area contributed by atoms with Crippen molar-refractivity contribution in [2.24, 2.45) is 5.41 Å². The molecule has 1 atom stereocenters. The Balaban J connectivity index is 1.73. The molecule has 180 valence electrons. The highest BCUT2D eigenvalue weighted by Crippen LogP contribution is 2.47. The van der Waals surface area contributed by atoms with Crippen LogP contribution in [0, 0.1) is 11.2 Å². The third-order valence-corrected chi connectivity index (χ3v) is 8.12. The maximum absolute atomic E-state index is 14.7. The third-order valence-electron chi connectivity index (χ3n) is 8.12. The summed E-state index contributed by atoms with van der Waals surface area (Å²) >= 11 is 0. The molecular weight excluding hydrogens is 395 g/mol. The van der Waals surface area contributed by atoms with E-state index in [1.807, 2.05) is 13.0 Å². The van der Waals surface area contributed by atoms with Crippen LogP contribution < -0.4 is 4.74 Å². The molecule has 0 N–H and O–H groups in total. The van der Waals surface area contributed by atoms with Crippen molar-refractivity contribution in [3.63, 3.8) is 0 Å². The second kappa shape index (κ2) is 13.4. The van der Waals surface area contributed by atoms with Crippen LogP contribution in [0.2, 0.25) is 0 Å². The second-order valence-corrected chi connectivity index (χ2v) is 10.5. The Morgan fingerprint density at radius 3 is 2.50 bits per heavy atom. The van der Waals surface area contributed by atoms with Crippen LogP contribution >= 0.6 is 0 Å². The van der Waals surface area contributed by atoms with Gasteiger partial charge in [0, 0.05) is 0 Å². The Bertz CT molecular complexity index is 701. The van der Waals surface area contributed by atoms with Crippen molar-refractivity contribution in [2.45, 2.75) is 129 Å². The van der Waals surface area contributed by atoms with E-state index in [1.165, 1.54) is 108 Å². The molecule has 0 saturated heterocycles. The minimum atomic E-state index is -0.195. The van der Waals surface area contributed by atoms with Gasteiger partial charge in [-0.1, -0.05) is 69.6 Å². The molecule has 0 radical (unpaired) electrons. The smallest absolute Gasteiger partial charge is 0.165 e. The number of rotatable bonds is 13. The number of ether oxygens (including phenoxy) is 1. The number of hydrogen-bond acceptors (Lipinski definition) is 1. The van der Waals surface area contributed by atoms with Crippen molar-refractivity contribution >= 4 is 0 Å². The summed E-state index contributed by atoms with van der Waals surface area (Å²) in [7, 11) is 0. The minimum absolute atomic E-state index is 0.195. The fraction of sp³-hybridized carbons (Fsp3) is 0.733. The van der Waals surface area contributed by atoms with Gasteiger partial charge in [0.25, 0.3) is 0 Å². The van der Waals surface area contributed by atoms with Crippen LogP contribution in [-0.2, 0) is 0 Å². The van der Waals surface area contributed by atoms with Crippen molar-refractivity contribution < 1.29 is 9.13 Å². The van der Waals surface area contributed by atoms with E-state index in [-0.39, 0.29) is 5.82 Å². The Morgan fingerprint density at radius 2 is 1.81 bits per heavy atom. The van der Waals surface area contributed by atoms with Crippen LogP contribution in [0.25, 0.3) is 0 Å². The Hall–Kier alpha value is -1.31. The molecule has 2 aliphatic carbocycles. The molecule has 1 unspecified atom stereocenters. The molecule has 2 aliphatic rings. The highest BCUT2D eigenvalue weighted by Gasteiger charge is 2.32. The molecular formula is C30H47FO. The van der Waals surface area contributed by atoms with E-state index in [0.29, 0.717) is 23.7 Å². The lowest BCUT2D eigenvalue weighted by atomic mass is 9.66. The topological polar surface area (TPSA) is 9.23 Å². The molecule has 1 aromatic rings. The van der Waals surface area contributed by atoms with Gasteiger partial charge in [-0.3, -0.25) is 0 Å². The van der Waals surface area contributed by atoms with Gasteiger partial charge in [-0.15, -0.1) is 0 Å². The van der Waals surface area contributed by atoms with Crippen LogP contribution in [-0.4, -0.2) is 6.61 Å². The van der Waals surface area contributed by atoms with Gasteiger partial charge >= 0.3 is 0 Å². The van der Waals surface area contributed by atoms with Gasteiger partial charge in [0.15, 0.2) is 11.6 Å². The number of benzene rings is 1. The number of unbranched alkanes of at least 4 members (excludes halogenated alkanes) is 3. The summed E-state index contributed by atoms with van der Waals surface area (Å²) < 4.78 is 20.2. The fourth-order valence-electron chi connectivity index (χ4n) is 6.17. The van der Waals surface area contributed by atoms with Crippen molar-refractivity contribution in [1.29, 1.82) is 0 Å². The van der Waals surface area contributed by atoms with Gasteiger partial charge in [0.05, 0.1) is 6.61 Å². The summed E-state index contributed by atoms with van der Waals surface area (Å²) in [6, 6.07) is 5.77. The van der Waals surface area contributed by atoms with E-state index in [4.69, 9.17) is 4.74 Å². The lowest BCUT2D eigenvalue weighted by Gasteiger charge is -2.39. The first kappa shape index (κ1) is 25.3. The van der Waals surface area contributed by atoms with Gasteiger partial charge < -0.3 is 4.74 Å². The van der Waals surface area contributed by atoms with Crippen molar-refractivity contribution in [3.8, 4) is 5.75 Å². The maximum atomic E-state index is 14.7. The van der Waals surface area contributed by atoms with E-state index in [2.05, 4.69) is 19.1 Å². The zero-order valence-electron chi connectivity index (χ0n) is 20.9. The molecule has 3 rings (SSSR count). The quantitative estimate of drug-likeness (QED) is 0.218. The lowest BCUT2D eigenvalue weighted by Crippen LogP contribution is -2.25. The molecule has 1 nitrogen and oxygen atoms in total. The van der Waals surface area contributed by atoms with Crippen molar-refractivity contribution in [3.05, 3.63) is 41.2 Å². The monoisotopic (exact) mass is 442 g/mol. The molecule has 1 aromatic carbocycles. The summed E-state index contributed by atoms with van der Waals surface area (Å²) in [5, 5.41) is 0. The zero-order chi connectivity index (χ0) is 22.7. The average molecular weight is 443 g/mol. The molecule has 0 aromatic heterocycles. The van der Waals surface area contributed by atoms with Crippen LogP contribution in [0.5, 0.6) is 5.75 Å². The number of hydrogen-bond donors (Lipinski definition) is 0. The summed E-state index contributed by atoms with van der Waals surface area (Å²) in [5.74, 6) is 0.629. The van der Waals surface area contributed by atoms with Gasteiger partial charge in [-0.2, -0.15) is 0 Å². The van der Waals surface area contributed by atoms with Crippen molar-refractivity contribution in [2.75, 3.05) is 6.61 Å². The third kappa shape index (κ3) is 7.63. The lowest BCUT2D eigenvalue weighted by molar-refractivity contribution is 0.144. The molecule has 0 bridgehead atoms. The molecule has 2 heteroatoms. The number of halogens is 1. The van der Waals surface area contributed by atoms with E-state index in [9.17, 15) is 4.39 Å². The van der Waals surface area contributed by atoms with E-state index >= 15 is 0 Å². The average Bonchev–Trinajstić information content (AvgIpc) is 2.82. The summed E-state index contributed by atoms with van der Waals surface area (Å²) in [6.45, 7) is 4.72. The highest BCUT2D eigenvalue weighted by atomic mass is 19.1. The molecule has 1 saturated carbocycles. The van der Waals surface area contributed by atoms with Gasteiger partial charge in [0.2, 0.25) is 0 Å². The molecule has 0 aliphatic heterocycles. The first-order valence-corrected chi connectivity index (χ1v) is 13.8. The van der Waals surface area contributed by atoms with Crippen molar-refractivity contribution in [1.82, 2.24) is 0 Å². The zero-order valence-corrected chi connectivity index (χ0v) is 20.9. The Morgan fingerprint density at radius 1 is 0.969 bits per heavy atom. The predicted molar refractivity (Wildman–Crippen MR) is 135 cm³/mol. The summed E-state index contributed by atoms with van der Waals surface area (Å²) in [6.07, 6.45) is 25.1. The Labute approximate surface area is 197 Å². The SMILES string of the molecule is CCCCCCC1(CCC(CC2=CCCCC2)c2ccc(OCC)c(F)c2)CCCCC1. The van der Waals surface area contributed by atoms with Crippen LogP contribution in [0.1, 0.15) is 134 Å². The minimum Gasteiger partial charge on any atom is -0.491 e. The molecule has 32 heavy (non-hydrogen) atoms. The van der Waals surface area contributed by atoms with Gasteiger partial charge in [-0.25, -0.2) is 4.39 Å². The standard InChI is InChI=1S/C30H47FO/c1-3-5-6-11-19-30(20-12-8-13-21-30)22-18-27(23-25-14-9-7-10-15-25)26-16-17-29(32-4-2)28(31)24-26/h14,16-17,24,27H,3-13,15,18-23H2,1-2H3. The van der Waals surface area contributed by atoms with Crippen LogP contribution in [0.3, 0.4) is 0 Å². The van der Waals surface area contributed by atoms with E-state index in [0.717, 1.165) is 6.42 Å². The van der Waals surface area contributed by atoms with Gasteiger partial charge in [0.1, 0.15) is 0 Å². The molecule has 0 spiro atoms. The maximum Gasteiger partial charge on any atom is 0.165 e. The summed E-state index contributed by atoms with van der Waals surface area (Å²) in [4.78, 5) is 0. The number of allylic oxidation sites excluding steroid dienone is 2. The molecule has 1 fully saturated rings. The van der Waals surface area contributed by atoms with Crippen LogP contribution in [0.15, 0.2) is 29.8 Å². The second-order valence-electron chi connectivity index (χ2n) is 10.5. The summed E-state index contributed by atoms with van der Waals surface area (Å²) in [5.41, 5.74) is 3.32. The van der Waals surface area contributed by atoms with Gasteiger partial charge in [-0.05, 0) is 100 Å². The Kier molecular flexibility index (Phi) is 10.6. The van der Waals surface area contributed by atoms with E-state index in [1.54, 1.807) is 11.6 Å². The largest absolute Gasteiger partial charge is 0.491 e. The normalized spacial score (nSPS) is 19.4. The van der Waals surface area contributed by atoms with E-state index < -0.39 is 0 Å².